The number of hydrogen-bond acceptors (Lipinski definition) is 3. The minimum Gasteiger partial charge on any atom is -0.479 e. The lowest BCUT2D eigenvalue weighted by atomic mass is 9.87. The van der Waals surface area contributed by atoms with Crippen molar-refractivity contribution in [3.63, 3.8) is 0 Å². The fraction of sp³-hybridized carbons (Fsp3) is 0.933. The van der Waals surface area contributed by atoms with E-state index in [4.69, 9.17) is 14.6 Å². The summed E-state index contributed by atoms with van der Waals surface area (Å²) in [6, 6.07) is 0. The summed E-state index contributed by atoms with van der Waals surface area (Å²) in [5, 5.41) is 8.93. The summed E-state index contributed by atoms with van der Waals surface area (Å²) in [5.41, 5.74) is -0.845. The van der Waals surface area contributed by atoms with Gasteiger partial charge in [0, 0.05) is 13.2 Å². The van der Waals surface area contributed by atoms with Crippen LogP contribution in [0.3, 0.4) is 0 Å². The molecule has 19 heavy (non-hydrogen) atoms. The lowest BCUT2D eigenvalue weighted by Gasteiger charge is -2.21. The van der Waals surface area contributed by atoms with Crippen LogP contribution in [0.1, 0.15) is 57.8 Å². The first-order chi connectivity index (χ1) is 9.23. The quantitative estimate of drug-likeness (QED) is 0.517. The van der Waals surface area contributed by atoms with Crippen molar-refractivity contribution in [2.45, 2.75) is 63.4 Å². The third kappa shape index (κ3) is 4.77. The van der Waals surface area contributed by atoms with Gasteiger partial charge in [0.2, 0.25) is 0 Å². The summed E-state index contributed by atoms with van der Waals surface area (Å²) in [5.74, 6) is 0.0645. The van der Waals surface area contributed by atoms with E-state index in [0.29, 0.717) is 13.0 Å². The van der Waals surface area contributed by atoms with E-state index in [9.17, 15) is 4.79 Å². The zero-order valence-corrected chi connectivity index (χ0v) is 11.7. The molecule has 110 valence electrons. The van der Waals surface area contributed by atoms with Crippen molar-refractivity contribution in [3.8, 4) is 0 Å². The molecule has 0 radical (unpaired) electrons. The summed E-state index contributed by atoms with van der Waals surface area (Å²) in [4.78, 5) is 10.9. The van der Waals surface area contributed by atoms with Gasteiger partial charge in [-0.1, -0.05) is 32.1 Å². The van der Waals surface area contributed by atoms with E-state index >= 15 is 0 Å². The molecule has 0 aromatic heterocycles. The highest BCUT2D eigenvalue weighted by Gasteiger charge is 2.51. The predicted molar refractivity (Wildman–Crippen MR) is 72.2 cm³/mol. The van der Waals surface area contributed by atoms with E-state index in [1.807, 2.05) is 0 Å². The van der Waals surface area contributed by atoms with E-state index in [1.54, 1.807) is 0 Å². The van der Waals surface area contributed by atoms with Crippen molar-refractivity contribution in [1.82, 2.24) is 0 Å². The molecule has 1 saturated carbocycles. The first-order valence-electron chi connectivity index (χ1n) is 7.68. The fourth-order valence-electron chi connectivity index (χ4n) is 2.90. The Morgan fingerprint density at radius 2 is 1.95 bits per heavy atom. The van der Waals surface area contributed by atoms with Crippen LogP contribution in [0, 0.1) is 5.92 Å². The molecular weight excluding hydrogens is 244 g/mol. The van der Waals surface area contributed by atoms with Gasteiger partial charge in [-0.15, -0.1) is 0 Å². The zero-order valence-electron chi connectivity index (χ0n) is 11.7. The van der Waals surface area contributed by atoms with Gasteiger partial charge < -0.3 is 14.6 Å². The van der Waals surface area contributed by atoms with Gasteiger partial charge in [0.05, 0.1) is 6.61 Å². The number of hydrogen-bond donors (Lipinski definition) is 1. The molecule has 4 heteroatoms. The standard InChI is InChI=1S/C15H26O4/c16-14(17)15(12-19-15)9-4-5-10-18-11-8-13-6-2-1-3-7-13/h13H,1-12H2,(H,16,17). The highest BCUT2D eigenvalue weighted by atomic mass is 16.6. The molecule has 2 fully saturated rings. The molecule has 2 rings (SSSR count). The Balaban J connectivity index is 1.41. The molecule has 0 aromatic carbocycles. The molecule has 1 saturated heterocycles. The van der Waals surface area contributed by atoms with Gasteiger partial charge in [-0.3, -0.25) is 0 Å². The van der Waals surface area contributed by atoms with Crippen LogP contribution in [0.4, 0.5) is 0 Å². The van der Waals surface area contributed by atoms with Crippen molar-refractivity contribution < 1.29 is 19.4 Å². The maximum absolute atomic E-state index is 10.9. The molecular formula is C15H26O4. The van der Waals surface area contributed by atoms with Crippen LogP contribution in [0.5, 0.6) is 0 Å². The van der Waals surface area contributed by atoms with Gasteiger partial charge in [0.25, 0.3) is 0 Å². The van der Waals surface area contributed by atoms with Crippen LogP contribution in [-0.4, -0.2) is 36.5 Å². The number of carboxylic acid groups (broad SMARTS) is 1. The SMILES string of the molecule is O=C(O)C1(CCCCOCCC2CCCCC2)CO1. The molecule has 4 nitrogen and oxygen atoms in total. The largest absolute Gasteiger partial charge is 0.479 e. The van der Waals surface area contributed by atoms with Crippen LogP contribution in [0.25, 0.3) is 0 Å². The van der Waals surface area contributed by atoms with E-state index in [-0.39, 0.29) is 0 Å². The second kappa shape index (κ2) is 7.25. The van der Waals surface area contributed by atoms with Crippen LogP contribution < -0.4 is 0 Å². The second-order valence-corrected chi connectivity index (χ2v) is 5.95. The van der Waals surface area contributed by atoms with Crippen molar-refractivity contribution >= 4 is 5.97 Å². The van der Waals surface area contributed by atoms with E-state index in [0.717, 1.165) is 32.0 Å². The molecule has 2 aliphatic rings. The average Bonchev–Trinajstić information content (AvgIpc) is 3.20. The van der Waals surface area contributed by atoms with Gasteiger partial charge in [0.1, 0.15) is 0 Å². The maximum Gasteiger partial charge on any atom is 0.338 e. The number of carbonyl (C=O) groups is 1. The molecule has 0 spiro atoms. The minimum atomic E-state index is -0.845. The minimum absolute atomic E-state index is 0.380. The van der Waals surface area contributed by atoms with E-state index in [1.165, 1.54) is 38.5 Å². The number of unbranched alkanes of at least 4 members (excludes halogenated alkanes) is 1. The monoisotopic (exact) mass is 270 g/mol. The van der Waals surface area contributed by atoms with E-state index < -0.39 is 11.6 Å². The topological polar surface area (TPSA) is 59.1 Å². The lowest BCUT2D eigenvalue weighted by Crippen LogP contribution is -2.23. The number of epoxide rings is 1. The van der Waals surface area contributed by atoms with Crippen molar-refractivity contribution in [1.29, 1.82) is 0 Å². The Morgan fingerprint density at radius 3 is 2.58 bits per heavy atom. The number of ether oxygens (including phenoxy) is 2. The molecule has 0 bridgehead atoms. The smallest absolute Gasteiger partial charge is 0.338 e. The third-order valence-corrected chi connectivity index (χ3v) is 4.40. The van der Waals surface area contributed by atoms with Gasteiger partial charge in [-0.2, -0.15) is 0 Å². The van der Waals surface area contributed by atoms with Gasteiger partial charge in [-0.05, 0) is 31.6 Å². The molecule has 1 heterocycles. The highest BCUT2D eigenvalue weighted by molar-refractivity contribution is 5.80. The van der Waals surface area contributed by atoms with Crippen molar-refractivity contribution in [2.75, 3.05) is 19.8 Å². The number of aliphatic carboxylic acids is 1. The third-order valence-electron chi connectivity index (χ3n) is 4.40. The van der Waals surface area contributed by atoms with Crippen molar-refractivity contribution in [2.24, 2.45) is 5.92 Å². The van der Waals surface area contributed by atoms with E-state index in [2.05, 4.69) is 0 Å². The van der Waals surface area contributed by atoms with Crippen LogP contribution >= 0.6 is 0 Å². The van der Waals surface area contributed by atoms with Gasteiger partial charge in [-0.25, -0.2) is 4.79 Å². The van der Waals surface area contributed by atoms with Gasteiger partial charge in [0.15, 0.2) is 5.60 Å². The Bertz CT molecular complexity index is 280. The molecule has 0 amide bonds. The van der Waals surface area contributed by atoms with Crippen LogP contribution in [-0.2, 0) is 14.3 Å². The molecule has 1 unspecified atom stereocenters. The summed E-state index contributed by atoms with van der Waals surface area (Å²) in [6.07, 6.45) is 10.6. The summed E-state index contributed by atoms with van der Waals surface area (Å²) in [6.45, 7) is 2.00. The zero-order chi connectivity index (χ0) is 13.6. The number of rotatable bonds is 9. The second-order valence-electron chi connectivity index (χ2n) is 5.95. The fourth-order valence-corrected chi connectivity index (χ4v) is 2.90. The van der Waals surface area contributed by atoms with Crippen LogP contribution in [0.15, 0.2) is 0 Å². The van der Waals surface area contributed by atoms with Gasteiger partial charge >= 0.3 is 5.97 Å². The Labute approximate surface area is 115 Å². The Kier molecular flexibility index (Phi) is 5.64. The van der Waals surface area contributed by atoms with Crippen molar-refractivity contribution in [3.05, 3.63) is 0 Å². The Hall–Kier alpha value is -0.610. The Morgan fingerprint density at radius 1 is 1.21 bits per heavy atom. The lowest BCUT2D eigenvalue weighted by molar-refractivity contribution is -0.143. The first-order valence-corrected chi connectivity index (χ1v) is 7.68. The molecule has 0 aromatic rings. The summed E-state index contributed by atoms with van der Waals surface area (Å²) in [7, 11) is 0. The first kappa shape index (κ1) is 14.8. The number of carboxylic acids is 1. The van der Waals surface area contributed by atoms with Crippen LogP contribution in [0.2, 0.25) is 0 Å². The molecule has 1 aliphatic heterocycles. The highest BCUT2D eigenvalue weighted by Crippen LogP contribution is 2.32. The molecule has 1 atom stereocenters. The molecule has 1 aliphatic carbocycles. The normalized spacial score (nSPS) is 27.4. The summed E-state index contributed by atoms with van der Waals surface area (Å²) >= 11 is 0. The molecule has 1 N–H and O–H groups in total. The average molecular weight is 270 g/mol. The predicted octanol–water partition coefficient (Wildman–Crippen LogP) is 3.00. The summed E-state index contributed by atoms with van der Waals surface area (Å²) < 4.78 is 10.7. The maximum atomic E-state index is 10.9.